The molecule has 0 fully saturated rings. The number of nitrogens with zero attached hydrogens (tertiary/aromatic N) is 2. The van der Waals surface area contributed by atoms with Crippen LogP contribution in [0.5, 0.6) is 0 Å². The molecule has 30 heavy (non-hydrogen) atoms. The highest BCUT2D eigenvalue weighted by Gasteiger charge is 2.15. The molecule has 1 amide bonds. The lowest BCUT2D eigenvalue weighted by molar-refractivity contribution is 0.103. The average molecular weight is 444 g/mol. The highest BCUT2D eigenvalue weighted by Crippen LogP contribution is 2.36. The number of nitrogens with one attached hydrogen (secondary N) is 1. The van der Waals surface area contributed by atoms with Crippen molar-refractivity contribution in [3.05, 3.63) is 77.7 Å². The van der Waals surface area contributed by atoms with Crippen LogP contribution < -0.4 is 5.32 Å². The Hall–Kier alpha value is -3.13. The fourth-order valence-corrected chi connectivity index (χ4v) is 6.34. The maximum atomic E-state index is 12.8. The zero-order valence-electron chi connectivity index (χ0n) is 15.5. The molecule has 144 valence electrons. The third kappa shape index (κ3) is 2.99. The van der Waals surface area contributed by atoms with Crippen molar-refractivity contribution in [2.45, 2.75) is 0 Å². The van der Waals surface area contributed by atoms with E-state index in [9.17, 15) is 4.79 Å². The lowest BCUT2D eigenvalue weighted by atomic mass is 10.1. The molecule has 0 aliphatic rings. The van der Waals surface area contributed by atoms with Crippen LogP contribution in [0.1, 0.15) is 9.67 Å². The predicted octanol–water partition coefficient (Wildman–Crippen LogP) is 7.04. The van der Waals surface area contributed by atoms with Gasteiger partial charge in [0.25, 0.3) is 5.91 Å². The number of thiazole rings is 2. The Labute approximate surface area is 183 Å². The van der Waals surface area contributed by atoms with Crippen molar-refractivity contribution in [3.8, 4) is 9.88 Å². The predicted molar refractivity (Wildman–Crippen MR) is 128 cm³/mol. The van der Waals surface area contributed by atoms with Crippen LogP contribution in [0, 0.1) is 0 Å². The van der Waals surface area contributed by atoms with Crippen molar-refractivity contribution in [1.82, 2.24) is 9.97 Å². The van der Waals surface area contributed by atoms with Gasteiger partial charge in [-0.05, 0) is 35.7 Å². The smallest absolute Gasteiger partial charge is 0.267 e. The van der Waals surface area contributed by atoms with Crippen LogP contribution in [0.4, 0.5) is 5.13 Å². The number of carbonyl (C=O) groups is 1. The van der Waals surface area contributed by atoms with Crippen LogP contribution in [-0.4, -0.2) is 15.9 Å². The summed E-state index contributed by atoms with van der Waals surface area (Å²) in [6.45, 7) is 0. The van der Waals surface area contributed by atoms with E-state index in [0.717, 1.165) is 35.7 Å². The number of anilines is 1. The second-order valence-corrected chi connectivity index (χ2v) is 9.87. The van der Waals surface area contributed by atoms with Gasteiger partial charge in [-0.3, -0.25) is 10.1 Å². The van der Waals surface area contributed by atoms with Gasteiger partial charge in [-0.15, -0.1) is 22.7 Å². The van der Waals surface area contributed by atoms with Gasteiger partial charge in [0.1, 0.15) is 5.01 Å². The number of thiophene rings is 1. The van der Waals surface area contributed by atoms with E-state index in [1.54, 1.807) is 11.3 Å². The molecule has 0 saturated carbocycles. The molecule has 6 aromatic rings. The number of fused-ring (bicyclic) bond motifs is 4. The standard InChI is InChI=1S/C23H13N3OS3/c27-21(18-11-12-19(28-18)22-24-15-7-3-4-8-17(15)29-22)26-23-25-16-10-9-13-5-1-2-6-14(13)20(16)30-23/h1-12H,(H,25,26,27). The largest absolute Gasteiger partial charge is 0.297 e. The lowest BCUT2D eigenvalue weighted by Crippen LogP contribution is -2.09. The highest BCUT2D eigenvalue weighted by molar-refractivity contribution is 7.26. The van der Waals surface area contributed by atoms with Gasteiger partial charge in [0, 0.05) is 5.39 Å². The Morgan fingerprint density at radius 2 is 1.63 bits per heavy atom. The molecule has 3 aromatic carbocycles. The van der Waals surface area contributed by atoms with Gasteiger partial charge < -0.3 is 0 Å². The Morgan fingerprint density at radius 1 is 0.767 bits per heavy atom. The van der Waals surface area contributed by atoms with Gasteiger partial charge in [0.05, 0.1) is 30.2 Å². The van der Waals surface area contributed by atoms with Gasteiger partial charge in [0.2, 0.25) is 0 Å². The van der Waals surface area contributed by atoms with E-state index in [0.29, 0.717) is 10.0 Å². The van der Waals surface area contributed by atoms with E-state index in [1.165, 1.54) is 28.1 Å². The molecule has 3 aromatic heterocycles. The first-order valence-electron chi connectivity index (χ1n) is 9.30. The monoisotopic (exact) mass is 443 g/mol. The number of hydrogen-bond acceptors (Lipinski definition) is 6. The van der Waals surface area contributed by atoms with E-state index >= 15 is 0 Å². The van der Waals surface area contributed by atoms with Crippen molar-refractivity contribution < 1.29 is 4.79 Å². The number of para-hydroxylation sites is 1. The first-order valence-corrected chi connectivity index (χ1v) is 11.7. The number of aromatic nitrogens is 2. The molecule has 4 nitrogen and oxygen atoms in total. The second-order valence-electron chi connectivity index (χ2n) is 6.76. The molecular formula is C23H13N3OS3. The normalized spacial score (nSPS) is 11.5. The maximum absolute atomic E-state index is 12.8. The van der Waals surface area contributed by atoms with Crippen molar-refractivity contribution in [2.75, 3.05) is 5.32 Å². The summed E-state index contributed by atoms with van der Waals surface area (Å²) in [6.07, 6.45) is 0. The fraction of sp³-hybridized carbons (Fsp3) is 0. The Kier molecular flexibility index (Phi) is 4.12. The van der Waals surface area contributed by atoms with Gasteiger partial charge >= 0.3 is 0 Å². The third-order valence-corrected chi connectivity index (χ3v) is 8.14. The minimum absolute atomic E-state index is 0.143. The first kappa shape index (κ1) is 17.7. The van der Waals surface area contributed by atoms with E-state index in [2.05, 4.69) is 39.6 Å². The second kappa shape index (κ2) is 6.98. The first-order chi connectivity index (χ1) is 14.7. The van der Waals surface area contributed by atoms with Crippen molar-refractivity contribution in [3.63, 3.8) is 0 Å². The highest BCUT2D eigenvalue weighted by atomic mass is 32.1. The average Bonchev–Trinajstić information content (AvgIpc) is 3.50. The molecule has 1 N–H and O–H groups in total. The number of rotatable bonds is 3. The third-order valence-electron chi connectivity index (χ3n) is 4.83. The van der Waals surface area contributed by atoms with Crippen LogP contribution in [0.15, 0.2) is 72.8 Å². The van der Waals surface area contributed by atoms with Crippen molar-refractivity contribution in [2.24, 2.45) is 0 Å². The van der Waals surface area contributed by atoms with Crippen LogP contribution in [0.2, 0.25) is 0 Å². The van der Waals surface area contributed by atoms with E-state index in [1.807, 2.05) is 48.5 Å². The van der Waals surface area contributed by atoms with Crippen molar-refractivity contribution in [1.29, 1.82) is 0 Å². The number of benzene rings is 3. The topological polar surface area (TPSA) is 54.9 Å². The van der Waals surface area contributed by atoms with Crippen molar-refractivity contribution >= 4 is 76.3 Å². The summed E-state index contributed by atoms with van der Waals surface area (Å²) in [6, 6.07) is 24.2. The summed E-state index contributed by atoms with van der Waals surface area (Å²) in [5.74, 6) is -0.143. The summed E-state index contributed by atoms with van der Waals surface area (Å²) in [5.41, 5.74) is 1.88. The molecule has 6 rings (SSSR count). The minimum atomic E-state index is -0.143. The molecule has 0 bridgehead atoms. The minimum Gasteiger partial charge on any atom is -0.297 e. The van der Waals surface area contributed by atoms with Gasteiger partial charge in [-0.1, -0.05) is 53.8 Å². The zero-order chi connectivity index (χ0) is 20.1. The van der Waals surface area contributed by atoms with Crippen LogP contribution >= 0.6 is 34.0 Å². The van der Waals surface area contributed by atoms with E-state index in [-0.39, 0.29) is 5.91 Å². The summed E-state index contributed by atoms with van der Waals surface area (Å²) >= 11 is 4.60. The Morgan fingerprint density at radius 3 is 2.57 bits per heavy atom. The maximum Gasteiger partial charge on any atom is 0.267 e. The lowest BCUT2D eigenvalue weighted by Gasteiger charge is -1.97. The SMILES string of the molecule is O=C(Nc1nc2ccc3ccccc3c2s1)c1ccc(-c2nc3ccccc3s2)s1. The van der Waals surface area contributed by atoms with Gasteiger partial charge in [0.15, 0.2) is 5.13 Å². The molecule has 0 atom stereocenters. The molecule has 0 spiro atoms. The molecule has 0 aliphatic carbocycles. The van der Waals surface area contributed by atoms with E-state index in [4.69, 9.17) is 0 Å². The molecule has 0 unspecified atom stereocenters. The molecule has 0 radical (unpaired) electrons. The Bertz CT molecular complexity index is 1530. The quantitative estimate of drug-likeness (QED) is 0.319. The summed E-state index contributed by atoms with van der Waals surface area (Å²) in [4.78, 5) is 23.8. The fourth-order valence-electron chi connectivity index (χ4n) is 3.42. The molecule has 0 aliphatic heterocycles. The summed E-state index contributed by atoms with van der Waals surface area (Å²) in [5, 5.41) is 6.84. The molecular weight excluding hydrogens is 430 g/mol. The van der Waals surface area contributed by atoms with Gasteiger partial charge in [-0.2, -0.15) is 0 Å². The summed E-state index contributed by atoms with van der Waals surface area (Å²) < 4.78 is 2.23. The number of hydrogen-bond donors (Lipinski definition) is 1. The van der Waals surface area contributed by atoms with Crippen LogP contribution in [0.3, 0.4) is 0 Å². The molecule has 3 heterocycles. The van der Waals surface area contributed by atoms with Gasteiger partial charge in [-0.25, -0.2) is 9.97 Å². The number of amides is 1. The number of carbonyl (C=O) groups excluding carboxylic acids is 1. The van der Waals surface area contributed by atoms with Crippen LogP contribution in [0.25, 0.3) is 41.1 Å². The summed E-state index contributed by atoms with van der Waals surface area (Å²) in [7, 11) is 0. The molecule has 0 saturated heterocycles. The van der Waals surface area contributed by atoms with E-state index < -0.39 is 0 Å². The Balaban J connectivity index is 1.29. The molecule has 7 heteroatoms. The zero-order valence-corrected chi connectivity index (χ0v) is 17.9. The van der Waals surface area contributed by atoms with Crippen LogP contribution in [-0.2, 0) is 0 Å².